The van der Waals surface area contributed by atoms with Gasteiger partial charge in [-0.3, -0.25) is 9.59 Å². The van der Waals surface area contributed by atoms with Gasteiger partial charge in [-0.15, -0.1) is 0 Å². The van der Waals surface area contributed by atoms with E-state index >= 15 is 0 Å². The number of phenols is 1. The average Bonchev–Trinajstić information content (AvgIpc) is 2.62. The number of carbonyl (C=O) groups excluding carboxylic acids is 2. The third kappa shape index (κ3) is 3.25. The number of piperazine rings is 1. The van der Waals surface area contributed by atoms with Gasteiger partial charge in [-0.2, -0.15) is 0 Å². The molecule has 24 heavy (non-hydrogen) atoms. The Morgan fingerprint density at radius 2 is 1.38 bits per heavy atom. The van der Waals surface area contributed by atoms with Crippen molar-refractivity contribution in [2.45, 2.75) is 6.92 Å². The minimum absolute atomic E-state index is 0.0184. The van der Waals surface area contributed by atoms with Crippen molar-refractivity contribution < 1.29 is 14.7 Å². The number of phenolic OH excluding ortho intramolecular Hbond substituents is 1. The lowest BCUT2D eigenvalue weighted by molar-refractivity contribution is 0.0535. The van der Waals surface area contributed by atoms with Gasteiger partial charge in [0.05, 0.1) is 0 Å². The smallest absolute Gasteiger partial charge is 0.254 e. The Morgan fingerprint density at radius 1 is 0.833 bits per heavy atom. The molecule has 5 heteroatoms. The second-order valence-electron chi connectivity index (χ2n) is 5.95. The molecule has 124 valence electrons. The second-order valence-corrected chi connectivity index (χ2v) is 5.95. The fourth-order valence-corrected chi connectivity index (χ4v) is 2.88. The molecule has 0 bridgehead atoms. The lowest BCUT2D eigenvalue weighted by atomic mass is 10.1. The molecule has 0 spiro atoms. The van der Waals surface area contributed by atoms with Crippen LogP contribution in [0.4, 0.5) is 0 Å². The zero-order valence-corrected chi connectivity index (χ0v) is 13.6. The number of carbonyl (C=O) groups is 2. The molecule has 5 nitrogen and oxygen atoms in total. The number of nitrogens with zero attached hydrogens (tertiary/aromatic N) is 2. The maximum atomic E-state index is 12.6. The Hall–Kier alpha value is -2.82. The van der Waals surface area contributed by atoms with Crippen LogP contribution < -0.4 is 0 Å². The average molecular weight is 324 g/mol. The molecule has 2 aromatic rings. The predicted molar refractivity (Wildman–Crippen MR) is 91.1 cm³/mol. The van der Waals surface area contributed by atoms with Gasteiger partial charge < -0.3 is 14.9 Å². The number of aromatic hydroxyl groups is 1. The molecule has 1 aliphatic rings. The highest BCUT2D eigenvalue weighted by Crippen LogP contribution is 2.16. The van der Waals surface area contributed by atoms with Gasteiger partial charge in [-0.25, -0.2) is 0 Å². The van der Waals surface area contributed by atoms with Gasteiger partial charge in [0.2, 0.25) is 0 Å². The zero-order valence-electron chi connectivity index (χ0n) is 13.6. The van der Waals surface area contributed by atoms with Crippen molar-refractivity contribution in [2.75, 3.05) is 26.2 Å². The Balaban J connectivity index is 1.63. The van der Waals surface area contributed by atoms with Crippen LogP contribution in [0.2, 0.25) is 0 Å². The van der Waals surface area contributed by atoms with E-state index in [0.717, 1.165) is 11.1 Å². The van der Waals surface area contributed by atoms with Crippen molar-refractivity contribution in [3.05, 3.63) is 65.2 Å². The van der Waals surface area contributed by atoms with Crippen molar-refractivity contribution in [1.29, 1.82) is 0 Å². The first-order chi connectivity index (χ1) is 11.6. The van der Waals surface area contributed by atoms with E-state index in [1.807, 2.05) is 31.2 Å². The predicted octanol–water partition coefficient (Wildman–Crippen LogP) is 2.30. The molecule has 0 unspecified atom stereocenters. The molecule has 1 heterocycles. The second kappa shape index (κ2) is 6.74. The summed E-state index contributed by atoms with van der Waals surface area (Å²) in [4.78, 5) is 28.6. The van der Waals surface area contributed by atoms with Gasteiger partial charge in [-0.05, 0) is 42.8 Å². The van der Waals surface area contributed by atoms with Gasteiger partial charge in [0.25, 0.3) is 11.8 Å². The maximum absolute atomic E-state index is 12.6. The van der Waals surface area contributed by atoms with Crippen LogP contribution in [-0.2, 0) is 0 Å². The molecule has 1 saturated heterocycles. The van der Waals surface area contributed by atoms with Crippen LogP contribution in [0, 0.1) is 6.92 Å². The minimum atomic E-state index is -0.0713. The van der Waals surface area contributed by atoms with Gasteiger partial charge in [-0.1, -0.05) is 18.2 Å². The number of benzene rings is 2. The van der Waals surface area contributed by atoms with Crippen molar-refractivity contribution in [2.24, 2.45) is 0 Å². The van der Waals surface area contributed by atoms with E-state index in [-0.39, 0.29) is 17.6 Å². The standard InChI is InChI=1S/C19H20N2O3/c1-14-4-2-3-5-17(14)19(24)21-12-10-20(11-13-21)18(23)15-6-8-16(22)9-7-15/h2-9,22H,10-13H2,1H3. The monoisotopic (exact) mass is 324 g/mol. The zero-order chi connectivity index (χ0) is 17.1. The van der Waals surface area contributed by atoms with Gasteiger partial charge in [0, 0.05) is 37.3 Å². The molecule has 2 amide bonds. The minimum Gasteiger partial charge on any atom is -0.508 e. The summed E-state index contributed by atoms with van der Waals surface area (Å²) < 4.78 is 0. The fourth-order valence-electron chi connectivity index (χ4n) is 2.88. The molecule has 0 saturated carbocycles. The third-order valence-corrected chi connectivity index (χ3v) is 4.34. The molecule has 1 aliphatic heterocycles. The normalized spacial score (nSPS) is 14.5. The SMILES string of the molecule is Cc1ccccc1C(=O)N1CCN(C(=O)c2ccc(O)cc2)CC1. The Bertz CT molecular complexity index is 747. The van der Waals surface area contributed by atoms with E-state index in [1.54, 1.807) is 21.9 Å². The van der Waals surface area contributed by atoms with Crippen molar-refractivity contribution in [3.63, 3.8) is 0 Å². The molecular formula is C19H20N2O3. The number of aryl methyl sites for hydroxylation is 1. The third-order valence-electron chi connectivity index (χ3n) is 4.34. The lowest BCUT2D eigenvalue weighted by Crippen LogP contribution is -2.50. The van der Waals surface area contributed by atoms with E-state index in [2.05, 4.69) is 0 Å². The van der Waals surface area contributed by atoms with E-state index < -0.39 is 0 Å². The lowest BCUT2D eigenvalue weighted by Gasteiger charge is -2.35. The maximum Gasteiger partial charge on any atom is 0.254 e. The summed E-state index contributed by atoms with van der Waals surface area (Å²) in [7, 11) is 0. The molecule has 0 atom stereocenters. The highest BCUT2D eigenvalue weighted by Gasteiger charge is 2.26. The molecule has 3 rings (SSSR count). The number of hydrogen-bond acceptors (Lipinski definition) is 3. The number of rotatable bonds is 2. The fraction of sp³-hybridized carbons (Fsp3) is 0.263. The van der Waals surface area contributed by atoms with Crippen LogP contribution in [0.5, 0.6) is 5.75 Å². The van der Waals surface area contributed by atoms with Crippen molar-refractivity contribution in [1.82, 2.24) is 9.80 Å². The van der Waals surface area contributed by atoms with Crippen LogP contribution in [0.3, 0.4) is 0 Å². The highest BCUT2D eigenvalue weighted by molar-refractivity contribution is 5.96. The van der Waals surface area contributed by atoms with Gasteiger partial charge in [0.15, 0.2) is 0 Å². The number of amides is 2. The van der Waals surface area contributed by atoms with Gasteiger partial charge in [0.1, 0.15) is 5.75 Å². The molecule has 1 N–H and O–H groups in total. The molecule has 1 fully saturated rings. The summed E-state index contributed by atoms with van der Waals surface area (Å²) in [6.45, 7) is 4.00. The van der Waals surface area contributed by atoms with Crippen LogP contribution in [0.1, 0.15) is 26.3 Å². The Kier molecular flexibility index (Phi) is 4.51. The highest BCUT2D eigenvalue weighted by atomic mass is 16.3. The summed E-state index contributed by atoms with van der Waals surface area (Å²) in [5.41, 5.74) is 2.23. The van der Waals surface area contributed by atoms with E-state index in [0.29, 0.717) is 31.7 Å². The summed E-state index contributed by atoms with van der Waals surface area (Å²) >= 11 is 0. The van der Waals surface area contributed by atoms with Crippen LogP contribution >= 0.6 is 0 Å². The first kappa shape index (κ1) is 16.1. The van der Waals surface area contributed by atoms with E-state index in [1.165, 1.54) is 12.1 Å². The van der Waals surface area contributed by atoms with E-state index in [9.17, 15) is 14.7 Å². The van der Waals surface area contributed by atoms with Crippen LogP contribution in [0.25, 0.3) is 0 Å². The largest absolute Gasteiger partial charge is 0.508 e. The van der Waals surface area contributed by atoms with Crippen molar-refractivity contribution in [3.8, 4) is 5.75 Å². The van der Waals surface area contributed by atoms with E-state index in [4.69, 9.17) is 0 Å². The van der Waals surface area contributed by atoms with Crippen LogP contribution in [-0.4, -0.2) is 52.9 Å². The summed E-state index contributed by atoms with van der Waals surface area (Å²) in [5, 5.41) is 9.31. The van der Waals surface area contributed by atoms with Crippen LogP contribution in [0.15, 0.2) is 48.5 Å². The molecule has 0 aliphatic carbocycles. The Morgan fingerprint density at radius 3 is 1.96 bits per heavy atom. The molecule has 0 radical (unpaired) electrons. The topological polar surface area (TPSA) is 60.9 Å². The molecule has 2 aromatic carbocycles. The summed E-state index contributed by atoms with van der Waals surface area (Å²) in [6.07, 6.45) is 0. The summed E-state index contributed by atoms with van der Waals surface area (Å²) in [6, 6.07) is 13.8. The summed E-state index contributed by atoms with van der Waals surface area (Å²) in [5.74, 6) is 0.0861. The molecule has 0 aromatic heterocycles. The quantitative estimate of drug-likeness (QED) is 0.922. The first-order valence-electron chi connectivity index (χ1n) is 7.99. The molecular weight excluding hydrogens is 304 g/mol. The number of hydrogen-bond donors (Lipinski definition) is 1. The first-order valence-corrected chi connectivity index (χ1v) is 7.99. The Labute approximate surface area is 141 Å². The van der Waals surface area contributed by atoms with Gasteiger partial charge >= 0.3 is 0 Å². The van der Waals surface area contributed by atoms with Crippen molar-refractivity contribution >= 4 is 11.8 Å².